The van der Waals surface area contributed by atoms with Gasteiger partial charge in [0.1, 0.15) is 11.5 Å². The van der Waals surface area contributed by atoms with Crippen molar-refractivity contribution in [2.75, 3.05) is 0 Å². The predicted octanol–water partition coefficient (Wildman–Crippen LogP) is 7.16. The number of hydrogen-bond donors (Lipinski definition) is 4. The molecule has 40 heavy (non-hydrogen) atoms. The van der Waals surface area contributed by atoms with Crippen molar-refractivity contribution in [3.63, 3.8) is 0 Å². The van der Waals surface area contributed by atoms with Crippen LogP contribution in [0, 0.1) is 0 Å². The number of rotatable bonds is 4. The lowest BCUT2D eigenvalue weighted by Crippen LogP contribution is -2.39. The van der Waals surface area contributed by atoms with Crippen LogP contribution in [0.5, 0.6) is 11.5 Å². The van der Waals surface area contributed by atoms with E-state index >= 15 is 0 Å². The summed E-state index contributed by atoms with van der Waals surface area (Å²) < 4.78 is 0. The number of carbonyl (C=O) groups is 2. The summed E-state index contributed by atoms with van der Waals surface area (Å²) in [5.41, 5.74) is 8.61. The normalized spacial score (nSPS) is 13.2. The van der Waals surface area contributed by atoms with Crippen LogP contribution in [0.4, 0.5) is 0 Å². The number of aromatic hydroxyl groups is 2. The quantitative estimate of drug-likeness (QED) is 0.241. The second kappa shape index (κ2) is 11.5. The second-order valence-electron chi connectivity index (χ2n) is 14.6. The van der Waals surface area contributed by atoms with Gasteiger partial charge in [0, 0.05) is 34.4 Å². The van der Waals surface area contributed by atoms with Crippen LogP contribution in [0.1, 0.15) is 116 Å². The third-order valence-corrected chi connectivity index (χ3v) is 6.76. The fourth-order valence-electron chi connectivity index (χ4n) is 4.11. The topological polar surface area (TPSA) is 98.7 Å². The molecule has 0 bridgehead atoms. The first-order valence-corrected chi connectivity index (χ1v) is 13.7. The highest BCUT2D eigenvalue weighted by Crippen LogP contribution is 2.39. The summed E-state index contributed by atoms with van der Waals surface area (Å²) in [7, 11) is 0. The average Bonchev–Trinajstić information content (AvgIpc) is 2.78. The number of hydrogen-bond acceptors (Lipinski definition) is 4. The van der Waals surface area contributed by atoms with Gasteiger partial charge in [-0.3, -0.25) is 20.4 Å². The zero-order valence-corrected chi connectivity index (χ0v) is 26.3. The first kappa shape index (κ1) is 32.7. The van der Waals surface area contributed by atoms with Crippen molar-refractivity contribution >= 4 is 24.0 Å². The molecule has 2 rings (SSSR count). The summed E-state index contributed by atoms with van der Waals surface area (Å²) >= 11 is 0. The molecule has 2 aromatic carbocycles. The number of carbonyl (C=O) groups excluding carboxylic acids is 2. The summed E-state index contributed by atoms with van der Waals surface area (Å²) in [4.78, 5) is 25.0. The van der Waals surface area contributed by atoms with Gasteiger partial charge in [-0.1, -0.05) is 95.2 Å². The van der Waals surface area contributed by atoms with E-state index in [9.17, 15) is 19.8 Å². The molecule has 0 aliphatic heterocycles. The van der Waals surface area contributed by atoms with Crippen molar-refractivity contribution in [2.24, 2.45) is 0 Å². The molecule has 0 aliphatic carbocycles. The Balaban J connectivity index is 2.22. The third kappa shape index (κ3) is 8.48. The number of hydrazine groups is 1. The molecular weight excluding hydrogens is 500 g/mol. The van der Waals surface area contributed by atoms with Crippen molar-refractivity contribution < 1.29 is 19.8 Å². The van der Waals surface area contributed by atoms with Gasteiger partial charge in [0.2, 0.25) is 0 Å². The highest BCUT2D eigenvalue weighted by Gasteiger charge is 2.25. The van der Waals surface area contributed by atoms with Crippen molar-refractivity contribution in [3.05, 3.63) is 69.8 Å². The van der Waals surface area contributed by atoms with Gasteiger partial charge in [-0.15, -0.1) is 0 Å². The Bertz CT molecular complexity index is 1220. The third-order valence-electron chi connectivity index (χ3n) is 6.76. The fourth-order valence-corrected chi connectivity index (χ4v) is 4.11. The molecule has 0 heterocycles. The van der Waals surface area contributed by atoms with E-state index in [1.54, 1.807) is 12.2 Å². The maximum Gasteiger partial charge on any atom is 0.262 e. The molecule has 218 valence electrons. The van der Waals surface area contributed by atoms with Gasteiger partial charge in [0.05, 0.1) is 0 Å². The Kier molecular flexibility index (Phi) is 9.41. The Labute approximate surface area is 240 Å². The molecule has 0 aromatic heterocycles. The molecule has 2 aromatic rings. The summed E-state index contributed by atoms with van der Waals surface area (Å²) in [5.74, 6) is -0.841. The summed E-state index contributed by atoms with van der Waals surface area (Å²) in [6, 6.07) is 7.77. The molecule has 2 amide bonds. The zero-order valence-electron chi connectivity index (χ0n) is 26.3. The highest BCUT2D eigenvalue weighted by atomic mass is 16.3. The van der Waals surface area contributed by atoms with Gasteiger partial charge in [-0.05, 0) is 57.1 Å². The van der Waals surface area contributed by atoms with Crippen LogP contribution >= 0.6 is 0 Å². The van der Waals surface area contributed by atoms with Crippen LogP contribution < -0.4 is 10.9 Å². The molecule has 6 heteroatoms. The first-order chi connectivity index (χ1) is 18.0. The molecule has 0 saturated heterocycles. The van der Waals surface area contributed by atoms with Crippen LogP contribution in [0.3, 0.4) is 0 Å². The average molecular weight is 549 g/mol. The van der Waals surface area contributed by atoms with Crippen LogP contribution in [0.15, 0.2) is 36.4 Å². The second-order valence-corrected chi connectivity index (χ2v) is 14.6. The van der Waals surface area contributed by atoms with E-state index in [1.807, 2.05) is 65.8 Å². The lowest BCUT2D eigenvalue weighted by molar-refractivity contribution is -0.123. The molecule has 0 spiro atoms. The number of phenols is 2. The van der Waals surface area contributed by atoms with E-state index in [0.717, 1.165) is 22.3 Å². The van der Waals surface area contributed by atoms with Crippen molar-refractivity contribution in [1.82, 2.24) is 10.9 Å². The molecule has 0 fully saturated rings. The lowest BCUT2D eigenvalue weighted by Gasteiger charge is -2.27. The van der Waals surface area contributed by atoms with E-state index < -0.39 is 11.8 Å². The summed E-state index contributed by atoms with van der Waals surface area (Å²) in [6.45, 7) is 24.7. The maximum atomic E-state index is 12.5. The lowest BCUT2D eigenvalue weighted by atomic mass is 9.79. The van der Waals surface area contributed by atoms with Gasteiger partial charge < -0.3 is 10.2 Å². The zero-order chi connectivity index (χ0) is 30.8. The Morgan fingerprint density at radius 1 is 0.550 bits per heavy atom. The van der Waals surface area contributed by atoms with Gasteiger partial charge >= 0.3 is 0 Å². The number of amides is 2. The minimum Gasteiger partial charge on any atom is -0.507 e. The molecule has 0 unspecified atom stereocenters. The van der Waals surface area contributed by atoms with Crippen LogP contribution in [-0.2, 0) is 31.2 Å². The Morgan fingerprint density at radius 2 is 0.850 bits per heavy atom. The minimum atomic E-state index is -0.549. The predicted molar refractivity (Wildman–Crippen MR) is 165 cm³/mol. The van der Waals surface area contributed by atoms with Crippen LogP contribution in [0.2, 0.25) is 0 Å². The van der Waals surface area contributed by atoms with Crippen LogP contribution in [-0.4, -0.2) is 22.0 Å². The fraction of sp³-hybridized carbons (Fsp3) is 0.471. The minimum absolute atomic E-state index is 0.128. The monoisotopic (exact) mass is 548 g/mol. The van der Waals surface area contributed by atoms with Crippen LogP contribution in [0.25, 0.3) is 12.2 Å². The maximum absolute atomic E-state index is 12.5. The molecule has 0 atom stereocenters. The van der Waals surface area contributed by atoms with Gasteiger partial charge in [0.15, 0.2) is 0 Å². The molecule has 4 N–H and O–H groups in total. The standard InChI is InChI=1S/C34H48N2O4/c1-31(2,3)23-17-21(29(39)25(19-23)33(7,8)9)13-15-27(37)35-36-28(38)16-14-22-18-24(32(4,5)6)20-26(30(22)40)34(10,11)12/h13-20,39-40H,1-12H3,(H,35,37)(H,36,38)/b15-13+,16-14+. The summed E-state index contributed by atoms with van der Waals surface area (Å²) in [5, 5.41) is 21.8. The number of nitrogens with one attached hydrogen (secondary N) is 2. The molecule has 0 saturated carbocycles. The molecular formula is C34H48N2O4. The van der Waals surface area contributed by atoms with E-state index in [0.29, 0.717) is 11.1 Å². The van der Waals surface area contributed by atoms with E-state index in [2.05, 4.69) is 52.4 Å². The van der Waals surface area contributed by atoms with Crippen molar-refractivity contribution in [1.29, 1.82) is 0 Å². The Morgan fingerprint density at radius 3 is 1.10 bits per heavy atom. The molecule has 0 radical (unpaired) electrons. The largest absolute Gasteiger partial charge is 0.507 e. The van der Waals surface area contributed by atoms with Gasteiger partial charge in [0.25, 0.3) is 11.8 Å². The summed E-state index contributed by atoms with van der Waals surface area (Å²) in [6.07, 6.45) is 5.63. The first-order valence-electron chi connectivity index (χ1n) is 13.7. The van der Waals surface area contributed by atoms with Gasteiger partial charge in [-0.25, -0.2) is 0 Å². The highest BCUT2D eigenvalue weighted by molar-refractivity contribution is 5.97. The van der Waals surface area contributed by atoms with Gasteiger partial charge in [-0.2, -0.15) is 0 Å². The Hall–Kier alpha value is -3.54. The van der Waals surface area contributed by atoms with E-state index in [1.165, 1.54) is 12.2 Å². The van der Waals surface area contributed by atoms with E-state index in [4.69, 9.17) is 0 Å². The van der Waals surface area contributed by atoms with Crippen molar-refractivity contribution in [3.8, 4) is 11.5 Å². The van der Waals surface area contributed by atoms with Crippen molar-refractivity contribution in [2.45, 2.75) is 105 Å². The van der Waals surface area contributed by atoms with E-state index in [-0.39, 0.29) is 33.2 Å². The molecule has 0 aliphatic rings. The number of phenolic OH excluding ortho intramolecular Hbond substituents is 2. The SMILES string of the molecule is CC(C)(C)c1cc(/C=C/C(=O)NNC(=O)/C=C/c2cc(C(C)(C)C)cc(C(C)(C)C)c2O)c(O)c(C(C)(C)C)c1. The molecule has 6 nitrogen and oxygen atoms in total. The number of benzene rings is 2. The smallest absolute Gasteiger partial charge is 0.262 e.